The topological polar surface area (TPSA) is 29.1 Å². The summed E-state index contributed by atoms with van der Waals surface area (Å²) in [4.78, 5) is 12.0. The van der Waals surface area contributed by atoms with Gasteiger partial charge < -0.3 is 5.32 Å². The van der Waals surface area contributed by atoms with Crippen LogP contribution in [-0.4, -0.2) is 18.4 Å². The number of carbonyl (C=O) groups excluding carboxylic acids is 1. The van der Waals surface area contributed by atoms with Gasteiger partial charge in [0.2, 0.25) is 0 Å². The SMILES string of the molecule is O=C(CC1CCCN1)c1ccccc1Br. The van der Waals surface area contributed by atoms with Crippen LogP contribution in [0.3, 0.4) is 0 Å². The maximum Gasteiger partial charge on any atom is 0.165 e. The van der Waals surface area contributed by atoms with E-state index in [0.717, 1.165) is 23.0 Å². The Balaban J connectivity index is 2.04. The van der Waals surface area contributed by atoms with Gasteiger partial charge in [-0.3, -0.25) is 4.79 Å². The smallest absolute Gasteiger partial charge is 0.165 e. The molecule has 2 rings (SSSR count). The summed E-state index contributed by atoms with van der Waals surface area (Å²) in [6.45, 7) is 1.05. The fraction of sp³-hybridized carbons (Fsp3) is 0.417. The van der Waals surface area contributed by atoms with E-state index in [9.17, 15) is 4.79 Å². The number of benzene rings is 1. The lowest BCUT2D eigenvalue weighted by atomic mass is 10.0. The molecular formula is C12H14BrNO. The van der Waals surface area contributed by atoms with Crippen molar-refractivity contribution in [2.24, 2.45) is 0 Å². The van der Waals surface area contributed by atoms with E-state index < -0.39 is 0 Å². The zero-order valence-electron chi connectivity index (χ0n) is 8.50. The van der Waals surface area contributed by atoms with Crippen LogP contribution in [0.4, 0.5) is 0 Å². The molecule has 0 bridgehead atoms. The molecule has 2 nitrogen and oxygen atoms in total. The van der Waals surface area contributed by atoms with Crippen molar-refractivity contribution in [3.8, 4) is 0 Å². The maximum atomic E-state index is 12.0. The normalized spacial score (nSPS) is 20.5. The third-order valence-corrected chi connectivity index (χ3v) is 3.46. The fourth-order valence-corrected chi connectivity index (χ4v) is 2.46. The third kappa shape index (κ3) is 2.67. The standard InChI is InChI=1S/C12H14BrNO/c13-11-6-2-1-5-10(11)12(15)8-9-4-3-7-14-9/h1-2,5-6,9,14H,3-4,7-8H2. The first-order valence-electron chi connectivity index (χ1n) is 5.28. The van der Waals surface area contributed by atoms with Crippen molar-refractivity contribution in [2.45, 2.75) is 25.3 Å². The summed E-state index contributed by atoms with van der Waals surface area (Å²) in [5, 5.41) is 3.34. The molecule has 1 aromatic carbocycles. The molecule has 1 atom stereocenters. The number of halogens is 1. The Bertz CT molecular complexity index is 358. The van der Waals surface area contributed by atoms with Gasteiger partial charge in [0.25, 0.3) is 0 Å². The highest BCUT2D eigenvalue weighted by Gasteiger charge is 2.19. The van der Waals surface area contributed by atoms with Crippen LogP contribution < -0.4 is 5.32 Å². The first-order chi connectivity index (χ1) is 7.27. The van der Waals surface area contributed by atoms with Gasteiger partial charge in [-0.25, -0.2) is 0 Å². The number of hydrogen-bond donors (Lipinski definition) is 1. The highest BCUT2D eigenvalue weighted by Crippen LogP contribution is 2.19. The van der Waals surface area contributed by atoms with Gasteiger partial charge in [0.1, 0.15) is 0 Å². The van der Waals surface area contributed by atoms with E-state index in [1.807, 2.05) is 24.3 Å². The van der Waals surface area contributed by atoms with E-state index in [1.54, 1.807) is 0 Å². The lowest BCUT2D eigenvalue weighted by Crippen LogP contribution is -2.24. The molecule has 0 spiro atoms. The minimum atomic E-state index is 0.224. The second kappa shape index (κ2) is 4.90. The van der Waals surface area contributed by atoms with Gasteiger partial charge in [-0.05, 0) is 25.5 Å². The molecule has 1 saturated heterocycles. The Morgan fingerprint density at radius 2 is 2.27 bits per heavy atom. The van der Waals surface area contributed by atoms with E-state index in [-0.39, 0.29) is 5.78 Å². The van der Waals surface area contributed by atoms with Crippen molar-refractivity contribution in [3.05, 3.63) is 34.3 Å². The quantitative estimate of drug-likeness (QED) is 0.854. The molecule has 0 aliphatic carbocycles. The van der Waals surface area contributed by atoms with Crippen molar-refractivity contribution in [3.63, 3.8) is 0 Å². The molecule has 0 radical (unpaired) electrons. The molecule has 0 aromatic heterocycles. The van der Waals surface area contributed by atoms with Crippen molar-refractivity contribution in [1.82, 2.24) is 5.32 Å². The molecule has 80 valence electrons. The molecule has 1 aliphatic heterocycles. The zero-order valence-corrected chi connectivity index (χ0v) is 10.1. The predicted octanol–water partition coefficient (Wildman–Crippen LogP) is 2.77. The Morgan fingerprint density at radius 3 is 2.93 bits per heavy atom. The predicted molar refractivity (Wildman–Crippen MR) is 64.1 cm³/mol. The number of rotatable bonds is 3. The second-order valence-electron chi connectivity index (χ2n) is 3.90. The largest absolute Gasteiger partial charge is 0.314 e. The summed E-state index contributed by atoms with van der Waals surface area (Å²) < 4.78 is 0.896. The monoisotopic (exact) mass is 267 g/mol. The third-order valence-electron chi connectivity index (χ3n) is 2.77. The van der Waals surface area contributed by atoms with E-state index in [0.29, 0.717) is 12.5 Å². The minimum absolute atomic E-state index is 0.224. The summed E-state index contributed by atoms with van der Waals surface area (Å²) in [7, 11) is 0. The number of nitrogens with one attached hydrogen (secondary N) is 1. The van der Waals surface area contributed by atoms with E-state index >= 15 is 0 Å². The van der Waals surface area contributed by atoms with Gasteiger partial charge in [-0.2, -0.15) is 0 Å². The lowest BCUT2D eigenvalue weighted by Gasteiger charge is -2.09. The van der Waals surface area contributed by atoms with Crippen LogP contribution in [0.5, 0.6) is 0 Å². The van der Waals surface area contributed by atoms with Gasteiger partial charge in [-0.15, -0.1) is 0 Å². The number of carbonyl (C=O) groups is 1. The fourth-order valence-electron chi connectivity index (χ4n) is 1.95. The second-order valence-corrected chi connectivity index (χ2v) is 4.75. The van der Waals surface area contributed by atoms with Crippen molar-refractivity contribution in [2.75, 3.05) is 6.54 Å². The summed E-state index contributed by atoms with van der Waals surface area (Å²) in [6, 6.07) is 8.00. The molecule has 1 heterocycles. The zero-order chi connectivity index (χ0) is 10.7. The van der Waals surface area contributed by atoms with Crippen LogP contribution in [0.15, 0.2) is 28.7 Å². The van der Waals surface area contributed by atoms with Crippen LogP contribution in [-0.2, 0) is 0 Å². The highest BCUT2D eigenvalue weighted by atomic mass is 79.9. The van der Waals surface area contributed by atoms with Gasteiger partial charge in [-0.1, -0.05) is 34.1 Å². The summed E-state index contributed by atoms with van der Waals surface area (Å²) in [6.07, 6.45) is 2.92. The average Bonchev–Trinajstić information content (AvgIpc) is 2.71. The number of ketones is 1. The van der Waals surface area contributed by atoms with Crippen LogP contribution in [0.1, 0.15) is 29.6 Å². The van der Waals surface area contributed by atoms with E-state index in [1.165, 1.54) is 6.42 Å². The van der Waals surface area contributed by atoms with Gasteiger partial charge in [0.15, 0.2) is 5.78 Å². The van der Waals surface area contributed by atoms with Crippen molar-refractivity contribution in [1.29, 1.82) is 0 Å². The molecule has 3 heteroatoms. The molecule has 1 aromatic rings. The molecule has 0 amide bonds. The Kier molecular flexibility index (Phi) is 3.54. The summed E-state index contributed by atoms with van der Waals surface area (Å²) >= 11 is 3.41. The summed E-state index contributed by atoms with van der Waals surface area (Å²) in [5.41, 5.74) is 0.797. The molecule has 1 unspecified atom stereocenters. The maximum absolute atomic E-state index is 12.0. The average molecular weight is 268 g/mol. The molecular weight excluding hydrogens is 254 g/mol. The lowest BCUT2D eigenvalue weighted by molar-refractivity contribution is 0.0971. The van der Waals surface area contributed by atoms with Crippen LogP contribution >= 0.6 is 15.9 Å². The Labute approximate surface area is 98.2 Å². The Morgan fingerprint density at radius 1 is 1.47 bits per heavy atom. The van der Waals surface area contributed by atoms with Crippen LogP contribution in [0, 0.1) is 0 Å². The van der Waals surface area contributed by atoms with Crippen LogP contribution in [0.25, 0.3) is 0 Å². The molecule has 1 fully saturated rings. The molecule has 1 N–H and O–H groups in total. The van der Waals surface area contributed by atoms with E-state index in [4.69, 9.17) is 0 Å². The van der Waals surface area contributed by atoms with Crippen molar-refractivity contribution < 1.29 is 4.79 Å². The first kappa shape index (κ1) is 10.8. The number of hydrogen-bond acceptors (Lipinski definition) is 2. The first-order valence-corrected chi connectivity index (χ1v) is 6.08. The van der Waals surface area contributed by atoms with Crippen molar-refractivity contribution >= 4 is 21.7 Å². The highest BCUT2D eigenvalue weighted by molar-refractivity contribution is 9.10. The van der Waals surface area contributed by atoms with Gasteiger partial charge in [0, 0.05) is 22.5 Å². The summed E-state index contributed by atoms with van der Waals surface area (Å²) in [5.74, 6) is 0.224. The van der Waals surface area contributed by atoms with Crippen LogP contribution in [0.2, 0.25) is 0 Å². The minimum Gasteiger partial charge on any atom is -0.314 e. The van der Waals surface area contributed by atoms with Gasteiger partial charge in [0.05, 0.1) is 0 Å². The molecule has 0 saturated carbocycles. The molecule has 15 heavy (non-hydrogen) atoms. The van der Waals surface area contributed by atoms with E-state index in [2.05, 4.69) is 21.2 Å². The van der Waals surface area contributed by atoms with Gasteiger partial charge >= 0.3 is 0 Å². The molecule has 1 aliphatic rings. The Hall–Kier alpha value is -0.670. The number of Topliss-reactive ketones (excluding diaryl/α,β-unsaturated/α-hetero) is 1.